The summed E-state index contributed by atoms with van der Waals surface area (Å²) < 4.78 is 4.92. The average Bonchev–Trinajstić information content (AvgIpc) is 2.76. The molecule has 6 heteroatoms. The summed E-state index contributed by atoms with van der Waals surface area (Å²) in [5, 5.41) is 20.3. The van der Waals surface area contributed by atoms with Crippen LogP contribution in [-0.4, -0.2) is 29.2 Å². The number of rotatable bonds is 3. The van der Waals surface area contributed by atoms with E-state index in [-0.39, 0.29) is 12.2 Å². The van der Waals surface area contributed by atoms with E-state index < -0.39 is 11.7 Å². The first-order valence-electron chi connectivity index (χ1n) is 6.53. The van der Waals surface area contributed by atoms with Gasteiger partial charge in [-0.2, -0.15) is 5.26 Å². The number of benzene rings is 1. The van der Waals surface area contributed by atoms with Crippen molar-refractivity contribution in [2.24, 2.45) is 0 Å². The lowest BCUT2D eigenvalue weighted by atomic mass is 10.2. The minimum atomic E-state index is -1.17. The fourth-order valence-corrected chi connectivity index (χ4v) is 3.34. The fourth-order valence-electron chi connectivity index (χ4n) is 2.09. The molecule has 0 aliphatic carbocycles. The van der Waals surface area contributed by atoms with E-state index >= 15 is 0 Å². The van der Waals surface area contributed by atoms with Crippen molar-refractivity contribution < 1.29 is 14.6 Å². The molecule has 1 aliphatic heterocycles. The maximum Gasteiger partial charge on any atom is 0.351 e. The molecule has 0 aromatic heterocycles. The van der Waals surface area contributed by atoms with Crippen molar-refractivity contribution in [3.63, 3.8) is 0 Å². The molecule has 1 atom stereocenters. The maximum absolute atomic E-state index is 11.9. The van der Waals surface area contributed by atoms with Crippen molar-refractivity contribution in [2.75, 3.05) is 17.3 Å². The summed E-state index contributed by atoms with van der Waals surface area (Å²) in [6, 6.07) is 11.1. The van der Waals surface area contributed by atoms with Crippen LogP contribution in [0, 0.1) is 11.3 Å². The standard InChI is InChI=1S/C15H16N2O3S/c1-3-20-14(18)12(9-16)13-17(15(2,19)10-21-13)11-7-5-4-6-8-11/h4-8,19H,3,10H2,1-2H3. The van der Waals surface area contributed by atoms with Gasteiger partial charge in [-0.1, -0.05) is 18.2 Å². The van der Waals surface area contributed by atoms with E-state index in [0.717, 1.165) is 5.69 Å². The Morgan fingerprint density at radius 2 is 2.19 bits per heavy atom. The summed E-state index contributed by atoms with van der Waals surface area (Å²) in [6.07, 6.45) is 0. The molecule has 110 valence electrons. The number of carbonyl (C=O) groups is 1. The Hall–Kier alpha value is -1.97. The van der Waals surface area contributed by atoms with Gasteiger partial charge in [-0.05, 0) is 26.0 Å². The van der Waals surface area contributed by atoms with E-state index in [1.807, 2.05) is 36.4 Å². The largest absolute Gasteiger partial charge is 0.462 e. The summed E-state index contributed by atoms with van der Waals surface area (Å²) in [6.45, 7) is 3.54. The highest BCUT2D eigenvalue weighted by Gasteiger charge is 2.42. The van der Waals surface area contributed by atoms with Gasteiger partial charge in [0.1, 0.15) is 16.8 Å². The molecule has 21 heavy (non-hydrogen) atoms. The molecule has 1 unspecified atom stereocenters. The first-order valence-corrected chi connectivity index (χ1v) is 7.51. The first-order chi connectivity index (χ1) is 10.0. The number of thioether (sulfide) groups is 1. The number of ether oxygens (including phenoxy) is 1. The van der Waals surface area contributed by atoms with Crippen LogP contribution in [0.4, 0.5) is 5.69 Å². The summed E-state index contributed by atoms with van der Waals surface area (Å²) in [4.78, 5) is 13.5. The highest BCUT2D eigenvalue weighted by atomic mass is 32.2. The second kappa shape index (κ2) is 6.20. The molecule has 1 saturated heterocycles. The van der Waals surface area contributed by atoms with Gasteiger partial charge in [0, 0.05) is 11.4 Å². The normalized spacial score (nSPS) is 23.6. The van der Waals surface area contributed by atoms with Crippen molar-refractivity contribution >= 4 is 23.4 Å². The van der Waals surface area contributed by atoms with Crippen LogP contribution >= 0.6 is 11.8 Å². The molecule has 1 aromatic rings. The minimum absolute atomic E-state index is 0.0801. The highest BCUT2D eigenvalue weighted by molar-refractivity contribution is 8.03. The van der Waals surface area contributed by atoms with E-state index in [0.29, 0.717) is 10.8 Å². The van der Waals surface area contributed by atoms with Crippen LogP contribution in [0.15, 0.2) is 40.9 Å². The molecule has 1 heterocycles. The molecule has 1 aliphatic rings. The highest BCUT2D eigenvalue weighted by Crippen LogP contribution is 2.43. The molecular formula is C15H16N2O3S. The van der Waals surface area contributed by atoms with Gasteiger partial charge in [0.25, 0.3) is 0 Å². The summed E-state index contributed by atoms with van der Waals surface area (Å²) in [5.74, 6) is -0.303. The molecule has 0 saturated carbocycles. The van der Waals surface area contributed by atoms with Crippen molar-refractivity contribution in [2.45, 2.75) is 19.6 Å². The number of hydrogen-bond acceptors (Lipinski definition) is 6. The predicted molar refractivity (Wildman–Crippen MR) is 81.3 cm³/mol. The van der Waals surface area contributed by atoms with Crippen molar-refractivity contribution in [3.05, 3.63) is 40.9 Å². The van der Waals surface area contributed by atoms with Crippen molar-refractivity contribution in [1.82, 2.24) is 0 Å². The van der Waals surface area contributed by atoms with Crippen LogP contribution in [-0.2, 0) is 9.53 Å². The zero-order chi connectivity index (χ0) is 15.5. The molecule has 0 spiro atoms. The number of nitrogens with zero attached hydrogens (tertiary/aromatic N) is 2. The van der Waals surface area contributed by atoms with Crippen LogP contribution < -0.4 is 4.90 Å². The van der Waals surface area contributed by atoms with Gasteiger partial charge < -0.3 is 14.7 Å². The van der Waals surface area contributed by atoms with Crippen LogP contribution in [0.25, 0.3) is 0 Å². The van der Waals surface area contributed by atoms with E-state index in [4.69, 9.17) is 4.74 Å². The lowest BCUT2D eigenvalue weighted by Gasteiger charge is -2.31. The van der Waals surface area contributed by atoms with Gasteiger partial charge in [0.05, 0.1) is 6.61 Å². The number of hydrogen-bond donors (Lipinski definition) is 1. The smallest absolute Gasteiger partial charge is 0.351 e. The van der Waals surface area contributed by atoms with E-state index in [1.54, 1.807) is 18.7 Å². The Bertz CT molecular complexity index is 605. The zero-order valence-electron chi connectivity index (χ0n) is 11.9. The summed E-state index contributed by atoms with van der Waals surface area (Å²) >= 11 is 1.27. The quantitative estimate of drug-likeness (QED) is 0.524. The third-order valence-electron chi connectivity index (χ3n) is 2.99. The van der Waals surface area contributed by atoms with E-state index in [9.17, 15) is 15.2 Å². The summed E-state index contributed by atoms with van der Waals surface area (Å²) in [7, 11) is 0. The Morgan fingerprint density at radius 3 is 2.76 bits per heavy atom. The number of nitriles is 1. The zero-order valence-corrected chi connectivity index (χ0v) is 12.7. The summed E-state index contributed by atoms with van der Waals surface area (Å²) in [5.41, 5.74) is -0.529. The monoisotopic (exact) mass is 304 g/mol. The molecule has 1 N–H and O–H groups in total. The average molecular weight is 304 g/mol. The topological polar surface area (TPSA) is 73.6 Å². The van der Waals surface area contributed by atoms with Crippen molar-refractivity contribution in [1.29, 1.82) is 5.26 Å². The Labute approximate surface area is 127 Å². The molecular weight excluding hydrogens is 288 g/mol. The van der Waals surface area contributed by atoms with Crippen LogP contribution in [0.2, 0.25) is 0 Å². The maximum atomic E-state index is 11.9. The molecule has 0 bridgehead atoms. The first kappa shape index (κ1) is 15.4. The minimum Gasteiger partial charge on any atom is -0.462 e. The number of aliphatic hydroxyl groups is 1. The van der Waals surface area contributed by atoms with Crippen LogP contribution in [0.5, 0.6) is 0 Å². The number of anilines is 1. The SMILES string of the molecule is CCOC(=O)C(C#N)=C1SCC(C)(O)N1c1ccccc1. The lowest BCUT2D eigenvalue weighted by Crippen LogP contribution is -2.42. The van der Waals surface area contributed by atoms with Gasteiger partial charge in [-0.25, -0.2) is 4.79 Å². The van der Waals surface area contributed by atoms with Gasteiger partial charge in [-0.3, -0.25) is 0 Å². The van der Waals surface area contributed by atoms with Gasteiger partial charge in [-0.15, -0.1) is 11.8 Å². The number of esters is 1. The Kier molecular flexibility index (Phi) is 4.56. The van der Waals surface area contributed by atoms with Gasteiger partial charge >= 0.3 is 5.97 Å². The molecule has 2 rings (SSSR count). The fraction of sp³-hybridized carbons (Fsp3) is 0.333. The lowest BCUT2D eigenvalue weighted by molar-refractivity contribution is -0.138. The van der Waals surface area contributed by atoms with Crippen LogP contribution in [0.1, 0.15) is 13.8 Å². The molecule has 0 amide bonds. The molecule has 5 nitrogen and oxygen atoms in total. The Morgan fingerprint density at radius 1 is 1.52 bits per heavy atom. The second-order valence-electron chi connectivity index (χ2n) is 4.69. The molecule has 0 radical (unpaired) electrons. The molecule has 1 aromatic carbocycles. The Balaban J connectivity index is 2.52. The third kappa shape index (κ3) is 3.04. The van der Waals surface area contributed by atoms with Gasteiger partial charge in [0.15, 0.2) is 5.57 Å². The molecule has 1 fully saturated rings. The van der Waals surface area contributed by atoms with Crippen LogP contribution in [0.3, 0.4) is 0 Å². The predicted octanol–water partition coefficient (Wildman–Crippen LogP) is 2.25. The second-order valence-corrected chi connectivity index (χ2v) is 5.65. The van der Waals surface area contributed by atoms with Gasteiger partial charge in [0.2, 0.25) is 0 Å². The number of para-hydroxylation sites is 1. The van der Waals surface area contributed by atoms with Crippen molar-refractivity contribution in [3.8, 4) is 6.07 Å². The van der Waals surface area contributed by atoms with E-state index in [2.05, 4.69) is 0 Å². The van der Waals surface area contributed by atoms with E-state index in [1.165, 1.54) is 11.8 Å². The number of carbonyl (C=O) groups excluding carboxylic acids is 1. The third-order valence-corrected chi connectivity index (χ3v) is 4.34.